The van der Waals surface area contributed by atoms with E-state index in [9.17, 15) is 14.7 Å². The number of hydrogen-bond donors (Lipinski definition) is 1. The van der Waals surface area contributed by atoms with Gasteiger partial charge >= 0.3 is 11.9 Å². The maximum atomic E-state index is 11.9. The third-order valence-corrected chi connectivity index (χ3v) is 8.30. The number of rotatable bonds is 18. The van der Waals surface area contributed by atoms with E-state index in [1.807, 2.05) is 6.07 Å². The Bertz CT molecular complexity index is 849. The van der Waals surface area contributed by atoms with Crippen molar-refractivity contribution in [2.75, 3.05) is 13.7 Å². The molecule has 5 nitrogen and oxygen atoms in total. The van der Waals surface area contributed by atoms with E-state index in [4.69, 9.17) is 4.74 Å². The van der Waals surface area contributed by atoms with Crippen LogP contribution in [-0.2, 0) is 14.3 Å². The Morgan fingerprint density at radius 2 is 1.48 bits per heavy atom. The minimum absolute atomic E-state index is 0.113. The number of allylic oxidation sites excluding steroid dienone is 4. The highest BCUT2D eigenvalue weighted by molar-refractivity contribution is 5.77. The zero-order chi connectivity index (χ0) is 28.8. The minimum atomic E-state index is -0.976. The van der Waals surface area contributed by atoms with Gasteiger partial charge in [-0.15, -0.1) is 0 Å². The molecule has 0 radical (unpaired) electrons. The van der Waals surface area contributed by atoms with Crippen molar-refractivity contribution in [3.05, 3.63) is 60.2 Å². The zero-order valence-corrected chi connectivity index (χ0v) is 25.3. The van der Waals surface area contributed by atoms with Gasteiger partial charge in [0.05, 0.1) is 0 Å². The number of hydrogen-bond acceptors (Lipinski definition) is 4. The normalized spacial score (nSPS) is 19.4. The van der Waals surface area contributed by atoms with E-state index in [2.05, 4.69) is 43.2 Å². The lowest BCUT2D eigenvalue weighted by atomic mass is 10.0. The van der Waals surface area contributed by atoms with Crippen molar-refractivity contribution >= 4 is 11.9 Å². The van der Waals surface area contributed by atoms with Gasteiger partial charge in [-0.25, -0.2) is 0 Å². The largest absolute Gasteiger partial charge is 0.481 e. The van der Waals surface area contributed by atoms with E-state index in [0.29, 0.717) is 12.0 Å². The van der Waals surface area contributed by atoms with Gasteiger partial charge in [-0.05, 0) is 76.8 Å². The van der Waals surface area contributed by atoms with Gasteiger partial charge < -0.3 is 14.7 Å². The summed E-state index contributed by atoms with van der Waals surface area (Å²) in [5, 5.41) is 9.36. The van der Waals surface area contributed by atoms with Crippen LogP contribution in [0.4, 0.5) is 0 Å². The fourth-order valence-electron chi connectivity index (χ4n) is 5.70. The first-order valence-corrected chi connectivity index (χ1v) is 16.0. The maximum Gasteiger partial charge on any atom is 0.314 e. The molecule has 2 heterocycles. The molecule has 1 N–H and O–H groups in total. The monoisotopic (exact) mass is 553 g/mol. The molecule has 2 fully saturated rings. The summed E-state index contributed by atoms with van der Waals surface area (Å²) in [5.41, 5.74) is 0.653. The molecule has 2 saturated heterocycles. The van der Waals surface area contributed by atoms with Crippen molar-refractivity contribution in [2.45, 2.75) is 134 Å². The number of unbranched alkanes of at least 4 members (excludes halogenated alkanes) is 8. The van der Waals surface area contributed by atoms with Crippen molar-refractivity contribution in [1.82, 2.24) is 4.90 Å². The molecule has 0 saturated carbocycles. The molecule has 1 aromatic rings. The highest BCUT2D eigenvalue weighted by atomic mass is 16.5. The number of nitrogens with zero attached hydrogens (tertiary/aromatic N) is 1. The maximum absolute atomic E-state index is 11.9. The number of aliphatic carboxylic acids is 1. The second-order valence-electron chi connectivity index (χ2n) is 11.4. The van der Waals surface area contributed by atoms with Crippen molar-refractivity contribution in [3.63, 3.8) is 0 Å². The van der Waals surface area contributed by atoms with Gasteiger partial charge in [0.15, 0.2) is 0 Å². The summed E-state index contributed by atoms with van der Waals surface area (Å²) in [6, 6.07) is 10.8. The molecule has 1 aromatic carbocycles. The number of carbonyl (C=O) groups excluding carboxylic acids is 1. The molecule has 0 spiro atoms. The molecule has 0 amide bonds. The van der Waals surface area contributed by atoms with Gasteiger partial charge in [-0.1, -0.05) is 100 Å². The molecule has 3 unspecified atom stereocenters. The number of carboxylic acid groups (broad SMARTS) is 1. The van der Waals surface area contributed by atoms with E-state index in [-0.39, 0.29) is 12.6 Å². The molecule has 224 valence electrons. The highest BCUT2D eigenvalue weighted by Gasteiger charge is 2.33. The van der Waals surface area contributed by atoms with Crippen LogP contribution >= 0.6 is 0 Å². The zero-order valence-electron chi connectivity index (χ0n) is 25.3. The average molecular weight is 554 g/mol. The van der Waals surface area contributed by atoms with Gasteiger partial charge in [0.25, 0.3) is 0 Å². The quantitative estimate of drug-likeness (QED) is 0.112. The van der Waals surface area contributed by atoms with E-state index in [1.54, 1.807) is 24.3 Å². The number of fused-ring (bicyclic) bond motifs is 2. The summed E-state index contributed by atoms with van der Waals surface area (Å²) < 4.78 is 5.20. The molecule has 3 atom stereocenters. The molecule has 3 rings (SSSR count). The fourth-order valence-corrected chi connectivity index (χ4v) is 5.70. The molecule has 2 aliphatic heterocycles. The van der Waals surface area contributed by atoms with Crippen LogP contribution in [0.25, 0.3) is 0 Å². The van der Waals surface area contributed by atoms with Gasteiger partial charge in [-0.2, -0.15) is 0 Å². The molecule has 0 aliphatic carbocycles. The first-order valence-electron chi connectivity index (χ1n) is 16.0. The number of carbonyl (C=O) groups is 2. The molecular weight excluding hydrogens is 498 g/mol. The lowest BCUT2D eigenvalue weighted by Gasteiger charge is -2.30. The second-order valence-corrected chi connectivity index (χ2v) is 11.4. The van der Waals surface area contributed by atoms with E-state index in [0.717, 1.165) is 44.2 Å². The third-order valence-electron chi connectivity index (χ3n) is 8.30. The summed E-state index contributed by atoms with van der Waals surface area (Å²) in [6.45, 7) is 2.12. The van der Waals surface area contributed by atoms with Crippen LogP contribution in [0.15, 0.2) is 54.6 Å². The summed E-state index contributed by atoms with van der Waals surface area (Å²) in [5.74, 6) is -2.10. The predicted octanol–water partition coefficient (Wildman–Crippen LogP) is 8.84. The van der Waals surface area contributed by atoms with Crippen LogP contribution < -0.4 is 0 Å². The Morgan fingerprint density at radius 1 is 0.875 bits per heavy atom. The number of benzene rings is 1. The van der Waals surface area contributed by atoms with E-state index in [1.165, 1.54) is 70.6 Å². The molecule has 0 aromatic heterocycles. The first kappa shape index (κ1) is 33.8. The smallest absolute Gasteiger partial charge is 0.314 e. The molecule has 2 bridgehead atoms. The Kier molecular flexibility index (Phi) is 18.1. The SMILES string of the molecule is CCCCC/C=C\C/C=C\CCCCCCCC(=O)OCC(C(=O)O)c1ccccc1.CN1C2CCCC1CC2. The predicted molar refractivity (Wildman–Crippen MR) is 166 cm³/mol. The van der Waals surface area contributed by atoms with Crippen LogP contribution in [0.3, 0.4) is 0 Å². The molecule has 2 aliphatic rings. The van der Waals surface area contributed by atoms with Crippen molar-refractivity contribution in [3.8, 4) is 0 Å². The van der Waals surface area contributed by atoms with Crippen LogP contribution in [0.2, 0.25) is 0 Å². The standard InChI is InChI=1S/C27H40O4.C8H15N/c1-2-3-4-5-6-7-8-9-10-11-12-13-14-15-19-22-26(28)31-23-25(27(29)30)24-20-17-16-18-21-24;1-9-7-3-2-4-8(9)6-5-7/h6-7,9-10,16-18,20-21,25H,2-5,8,11-15,19,22-23H2,1H3,(H,29,30);7-8H,2-6H2,1H3/b7-6-,10-9-;. The average Bonchev–Trinajstić information content (AvgIpc) is 3.13. The number of carboxylic acids is 1. The van der Waals surface area contributed by atoms with Crippen LogP contribution in [-0.4, -0.2) is 47.7 Å². The number of ether oxygens (including phenoxy) is 1. The van der Waals surface area contributed by atoms with Crippen molar-refractivity contribution in [2.24, 2.45) is 0 Å². The number of esters is 1. The Labute approximate surface area is 244 Å². The lowest BCUT2D eigenvalue weighted by Crippen LogP contribution is -2.35. The van der Waals surface area contributed by atoms with Crippen LogP contribution in [0, 0.1) is 0 Å². The third kappa shape index (κ3) is 14.3. The minimum Gasteiger partial charge on any atom is -0.481 e. The van der Waals surface area contributed by atoms with Crippen LogP contribution in [0.5, 0.6) is 0 Å². The lowest BCUT2D eigenvalue weighted by molar-refractivity contribution is -0.148. The Morgan fingerprint density at radius 3 is 2.08 bits per heavy atom. The second kappa shape index (κ2) is 21.4. The molecule has 5 heteroatoms. The highest BCUT2D eigenvalue weighted by Crippen LogP contribution is 2.33. The molecule has 40 heavy (non-hydrogen) atoms. The summed E-state index contributed by atoms with van der Waals surface area (Å²) >= 11 is 0. The van der Waals surface area contributed by atoms with Gasteiger partial charge in [-0.3, -0.25) is 9.59 Å². The van der Waals surface area contributed by atoms with E-state index < -0.39 is 11.9 Å². The Balaban J connectivity index is 0.000000515. The van der Waals surface area contributed by atoms with Gasteiger partial charge in [0.2, 0.25) is 0 Å². The van der Waals surface area contributed by atoms with Crippen LogP contribution in [0.1, 0.15) is 128 Å². The fraction of sp³-hybridized carbons (Fsp3) is 0.657. The van der Waals surface area contributed by atoms with Crippen molar-refractivity contribution < 1.29 is 19.4 Å². The van der Waals surface area contributed by atoms with Gasteiger partial charge in [0, 0.05) is 18.5 Å². The topological polar surface area (TPSA) is 66.8 Å². The van der Waals surface area contributed by atoms with E-state index >= 15 is 0 Å². The van der Waals surface area contributed by atoms with Crippen molar-refractivity contribution in [1.29, 1.82) is 0 Å². The first-order chi connectivity index (χ1) is 19.5. The summed E-state index contributed by atoms with van der Waals surface area (Å²) in [7, 11) is 2.29. The Hall–Kier alpha value is -2.40. The summed E-state index contributed by atoms with van der Waals surface area (Å²) in [6.07, 6.45) is 29.2. The van der Waals surface area contributed by atoms with Gasteiger partial charge in [0.1, 0.15) is 12.5 Å². The molecular formula is C35H55NO4. The number of piperidine rings is 1. The summed E-state index contributed by atoms with van der Waals surface area (Å²) in [4.78, 5) is 25.9.